The standard InChI is InChI=1S/C9H12S.3C2H6.C2H4/c1-7-4-5-8(2)9(6-7)10-3;4*1-2/h4-6H,1-3H3;3*1-2H3;1-2H2. The zero-order valence-corrected chi connectivity index (χ0v) is 14.9. The summed E-state index contributed by atoms with van der Waals surface area (Å²) in [5, 5.41) is 0. The van der Waals surface area contributed by atoms with Crippen LogP contribution in [-0.4, -0.2) is 6.26 Å². The molecule has 0 spiro atoms. The predicted octanol–water partition coefficient (Wildman–Crippen LogP) is 6.91. The van der Waals surface area contributed by atoms with Crippen molar-refractivity contribution in [1.82, 2.24) is 0 Å². The lowest BCUT2D eigenvalue weighted by Crippen LogP contribution is -1.79. The molecular formula is C17H34S. The molecule has 0 saturated heterocycles. The summed E-state index contributed by atoms with van der Waals surface area (Å²) in [6, 6.07) is 6.54. The molecule has 0 aliphatic rings. The van der Waals surface area contributed by atoms with Gasteiger partial charge in [0.05, 0.1) is 0 Å². The molecule has 0 radical (unpaired) electrons. The van der Waals surface area contributed by atoms with Crippen molar-refractivity contribution in [2.24, 2.45) is 0 Å². The quantitative estimate of drug-likeness (QED) is 0.395. The lowest BCUT2D eigenvalue weighted by Gasteiger charge is -2.01. The van der Waals surface area contributed by atoms with Gasteiger partial charge in [-0.2, -0.15) is 0 Å². The molecule has 0 aliphatic carbocycles. The Labute approximate surface area is 121 Å². The molecule has 0 unspecified atom stereocenters. The molecule has 0 aliphatic heterocycles. The minimum absolute atomic E-state index is 1.34. The molecule has 18 heavy (non-hydrogen) atoms. The molecule has 0 saturated carbocycles. The van der Waals surface area contributed by atoms with Crippen molar-refractivity contribution >= 4 is 11.8 Å². The first-order valence-corrected chi connectivity index (χ1v) is 8.08. The SMILES string of the molecule is C=C.CC.CC.CC.CSc1cc(C)ccc1C. The highest BCUT2D eigenvalue weighted by atomic mass is 32.2. The van der Waals surface area contributed by atoms with E-state index in [4.69, 9.17) is 0 Å². The van der Waals surface area contributed by atoms with Crippen LogP contribution in [0.15, 0.2) is 36.3 Å². The van der Waals surface area contributed by atoms with E-state index in [2.05, 4.69) is 51.5 Å². The first-order valence-electron chi connectivity index (χ1n) is 6.85. The van der Waals surface area contributed by atoms with E-state index in [-0.39, 0.29) is 0 Å². The van der Waals surface area contributed by atoms with Gasteiger partial charge in [0.1, 0.15) is 0 Å². The fourth-order valence-corrected chi connectivity index (χ4v) is 1.62. The smallest absolute Gasteiger partial charge is 0.0101 e. The normalized spacial score (nSPS) is 6.72. The maximum absolute atomic E-state index is 3.00. The molecule has 0 N–H and O–H groups in total. The molecule has 1 aromatic rings. The van der Waals surface area contributed by atoms with Gasteiger partial charge in [-0.05, 0) is 31.7 Å². The molecule has 0 aromatic heterocycles. The highest BCUT2D eigenvalue weighted by Gasteiger charge is 1.94. The molecule has 1 rings (SSSR count). The number of hydrogen-bond donors (Lipinski definition) is 0. The van der Waals surface area contributed by atoms with Gasteiger partial charge in [0, 0.05) is 4.90 Å². The molecule has 108 valence electrons. The second kappa shape index (κ2) is 25.2. The largest absolute Gasteiger partial charge is 0.129 e. The van der Waals surface area contributed by atoms with Crippen LogP contribution in [0.1, 0.15) is 52.7 Å². The van der Waals surface area contributed by atoms with Crippen LogP contribution < -0.4 is 0 Å². The van der Waals surface area contributed by atoms with E-state index in [9.17, 15) is 0 Å². The molecule has 0 atom stereocenters. The second-order valence-corrected chi connectivity index (χ2v) is 3.32. The highest BCUT2D eigenvalue weighted by Crippen LogP contribution is 2.20. The fourth-order valence-electron chi connectivity index (χ4n) is 0.927. The van der Waals surface area contributed by atoms with E-state index >= 15 is 0 Å². The zero-order valence-electron chi connectivity index (χ0n) is 14.1. The van der Waals surface area contributed by atoms with E-state index in [0.717, 1.165) is 0 Å². The zero-order chi connectivity index (χ0) is 15.6. The van der Waals surface area contributed by atoms with E-state index in [0.29, 0.717) is 0 Å². The topological polar surface area (TPSA) is 0 Å². The Hall–Kier alpha value is -0.690. The van der Waals surface area contributed by atoms with E-state index < -0.39 is 0 Å². The van der Waals surface area contributed by atoms with Crippen LogP contribution in [0.5, 0.6) is 0 Å². The van der Waals surface area contributed by atoms with E-state index in [1.165, 1.54) is 16.0 Å². The minimum atomic E-state index is 1.34. The number of hydrogen-bond acceptors (Lipinski definition) is 1. The molecule has 1 aromatic carbocycles. The van der Waals surface area contributed by atoms with Crippen molar-refractivity contribution in [2.45, 2.75) is 60.3 Å². The lowest BCUT2D eigenvalue weighted by atomic mass is 10.2. The van der Waals surface area contributed by atoms with Gasteiger partial charge in [0.15, 0.2) is 0 Å². The number of benzene rings is 1. The molecular weight excluding hydrogens is 236 g/mol. The van der Waals surface area contributed by atoms with Crippen molar-refractivity contribution in [1.29, 1.82) is 0 Å². The monoisotopic (exact) mass is 270 g/mol. The third kappa shape index (κ3) is 15.3. The molecule has 1 heteroatoms. The summed E-state index contributed by atoms with van der Waals surface area (Å²) in [5.41, 5.74) is 2.72. The third-order valence-electron chi connectivity index (χ3n) is 1.56. The summed E-state index contributed by atoms with van der Waals surface area (Å²) in [7, 11) is 0. The van der Waals surface area contributed by atoms with Crippen LogP contribution >= 0.6 is 11.8 Å². The van der Waals surface area contributed by atoms with Crippen LogP contribution in [0.3, 0.4) is 0 Å². The third-order valence-corrected chi connectivity index (χ3v) is 2.44. The van der Waals surface area contributed by atoms with E-state index in [1.807, 2.05) is 53.3 Å². The van der Waals surface area contributed by atoms with Crippen LogP contribution in [0.2, 0.25) is 0 Å². The lowest BCUT2D eigenvalue weighted by molar-refractivity contribution is 1.26. The maximum atomic E-state index is 3.00. The van der Waals surface area contributed by atoms with Crippen LogP contribution in [0, 0.1) is 13.8 Å². The number of thioether (sulfide) groups is 1. The average Bonchev–Trinajstić information content (AvgIpc) is 2.50. The summed E-state index contributed by atoms with van der Waals surface area (Å²) < 4.78 is 0. The van der Waals surface area contributed by atoms with Gasteiger partial charge in [-0.1, -0.05) is 59.2 Å². The molecule has 0 nitrogen and oxygen atoms in total. The number of rotatable bonds is 1. The highest BCUT2D eigenvalue weighted by molar-refractivity contribution is 7.98. The summed E-state index contributed by atoms with van der Waals surface area (Å²) >= 11 is 1.81. The van der Waals surface area contributed by atoms with Crippen molar-refractivity contribution < 1.29 is 0 Å². The van der Waals surface area contributed by atoms with Gasteiger partial charge in [0.2, 0.25) is 0 Å². The summed E-state index contributed by atoms with van der Waals surface area (Å²) in [6.07, 6.45) is 2.11. The van der Waals surface area contributed by atoms with Gasteiger partial charge < -0.3 is 0 Å². The Balaban J connectivity index is -0.000000105. The first-order chi connectivity index (χ1) is 8.74. The molecule has 0 amide bonds. The van der Waals surface area contributed by atoms with Crippen molar-refractivity contribution in [3.8, 4) is 0 Å². The summed E-state index contributed by atoms with van der Waals surface area (Å²) in [4.78, 5) is 1.39. The van der Waals surface area contributed by atoms with Crippen molar-refractivity contribution in [3.05, 3.63) is 42.5 Å². The average molecular weight is 271 g/mol. The predicted molar refractivity (Wildman–Crippen MR) is 93.0 cm³/mol. The minimum Gasteiger partial charge on any atom is -0.129 e. The van der Waals surface area contributed by atoms with Gasteiger partial charge in [-0.15, -0.1) is 24.9 Å². The second-order valence-electron chi connectivity index (χ2n) is 2.47. The van der Waals surface area contributed by atoms with E-state index in [1.54, 1.807) is 0 Å². The fraction of sp³-hybridized carbons (Fsp3) is 0.529. The Morgan fingerprint density at radius 1 is 0.833 bits per heavy atom. The summed E-state index contributed by atoms with van der Waals surface area (Å²) in [5.74, 6) is 0. The summed E-state index contributed by atoms with van der Waals surface area (Å²) in [6.45, 7) is 22.3. The van der Waals surface area contributed by atoms with Gasteiger partial charge >= 0.3 is 0 Å². The van der Waals surface area contributed by atoms with Gasteiger partial charge in [-0.25, -0.2) is 0 Å². The molecule has 0 bridgehead atoms. The Morgan fingerprint density at radius 2 is 1.22 bits per heavy atom. The van der Waals surface area contributed by atoms with Crippen molar-refractivity contribution in [2.75, 3.05) is 6.26 Å². The van der Waals surface area contributed by atoms with Crippen molar-refractivity contribution in [3.63, 3.8) is 0 Å². The maximum Gasteiger partial charge on any atom is 0.0101 e. The first kappa shape index (κ1) is 26.0. The Morgan fingerprint density at radius 3 is 1.50 bits per heavy atom. The van der Waals surface area contributed by atoms with Gasteiger partial charge in [-0.3, -0.25) is 0 Å². The molecule has 0 fully saturated rings. The van der Waals surface area contributed by atoms with Crippen LogP contribution in [-0.2, 0) is 0 Å². The van der Waals surface area contributed by atoms with Gasteiger partial charge in [0.25, 0.3) is 0 Å². The Kier molecular flexibility index (Phi) is 36.4. The van der Waals surface area contributed by atoms with Crippen LogP contribution in [0.25, 0.3) is 0 Å². The molecule has 0 heterocycles. The van der Waals surface area contributed by atoms with Crippen LogP contribution in [0.4, 0.5) is 0 Å². The number of aryl methyl sites for hydroxylation is 2. The Bertz CT molecular complexity index is 241.